The van der Waals surface area contributed by atoms with Crippen molar-refractivity contribution in [3.05, 3.63) is 12.7 Å². The second kappa shape index (κ2) is 1.87. The van der Waals surface area contributed by atoms with Crippen molar-refractivity contribution in [2.24, 2.45) is 17.3 Å². The van der Waals surface area contributed by atoms with Crippen molar-refractivity contribution < 1.29 is 0 Å². The van der Waals surface area contributed by atoms with Crippen LogP contribution in [0.1, 0.15) is 32.6 Å². The Morgan fingerprint density at radius 1 is 1.50 bits per heavy atom. The van der Waals surface area contributed by atoms with E-state index in [1.54, 1.807) is 0 Å². The normalized spacial score (nSPS) is 51.7. The molecule has 0 nitrogen and oxygen atoms in total. The zero-order valence-corrected chi connectivity index (χ0v) is 6.77. The molecule has 0 bridgehead atoms. The molecule has 0 radical (unpaired) electrons. The highest BCUT2D eigenvalue weighted by atomic mass is 14.6. The highest BCUT2D eigenvalue weighted by Crippen LogP contribution is 2.66. The molecule has 0 aromatic rings. The van der Waals surface area contributed by atoms with E-state index in [-0.39, 0.29) is 0 Å². The van der Waals surface area contributed by atoms with Gasteiger partial charge in [0.2, 0.25) is 0 Å². The lowest BCUT2D eigenvalue weighted by Crippen LogP contribution is -2.05. The van der Waals surface area contributed by atoms with Gasteiger partial charge in [-0.3, -0.25) is 0 Å². The van der Waals surface area contributed by atoms with Gasteiger partial charge in [-0.05, 0) is 30.1 Å². The topological polar surface area (TPSA) is 0 Å². The predicted molar refractivity (Wildman–Crippen MR) is 43.8 cm³/mol. The molecule has 56 valence electrons. The van der Waals surface area contributed by atoms with Gasteiger partial charge in [-0.25, -0.2) is 0 Å². The summed E-state index contributed by atoms with van der Waals surface area (Å²) in [7, 11) is 0. The Morgan fingerprint density at radius 2 is 2.30 bits per heavy atom. The van der Waals surface area contributed by atoms with E-state index >= 15 is 0 Å². The van der Waals surface area contributed by atoms with Crippen LogP contribution in [0.3, 0.4) is 0 Å². The van der Waals surface area contributed by atoms with Crippen molar-refractivity contribution >= 4 is 0 Å². The van der Waals surface area contributed by atoms with E-state index in [1.165, 1.54) is 25.7 Å². The lowest BCUT2D eigenvalue weighted by molar-refractivity contribution is 0.401. The highest BCUT2D eigenvalue weighted by Gasteiger charge is 2.59. The molecule has 2 aliphatic carbocycles. The molecule has 10 heavy (non-hydrogen) atoms. The molecular formula is C10H16. The number of rotatable bonds is 1. The van der Waals surface area contributed by atoms with Gasteiger partial charge >= 0.3 is 0 Å². The molecule has 2 saturated carbocycles. The Kier molecular flexibility index (Phi) is 1.21. The van der Waals surface area contributed by atoms with E-state index in [4.69, 9.17) is 0 Å². The lowest BCUT2D eigenvalue weighted by atomic mass is 9.88. The van der Waals surface area contributed by atoms with Gasteiger partial charge in [0, 0.05) is 0 Å². The molecule has 0 heteroatoms. The molecule has 2 aliphatic rings. The second-order valence-corrected chi connectivity index (χ2v) is 3.96. The zero-order chi connectivity index (χ0) is 7.19. The van der Waals surface area contributed by atoms with E-state index in [1.807, 2.05) is 0 Å². The lowest BCUT2D eigenvalue weighted by Gasteiger charge is -2.17. The molecule has 0 N–H and O–H groups in total. The predicted octanol–water partition coefficient (Wildman–Crippen LogP) is 3.00. The maximum absolute atomic E-state index is 3.95. The molecular weight excluding hydrogens is 120 g/mol. The molecule has 2 rings (SSSR count). The first-order chi connectivity index (χ1) is 4.81. The fourth-order valence-corrected chi connectivity index (χ4v) is 2.92. The van der Waals surface area contributed by atoms with Crippen molar-refractivity contribution in [3.63, 3.8) is 0 Å². The van der Waals surface area contributed by atoms with Gasteiger partial charge in [0.1, 0.15) is 0 Å². The van der Waals surface area contributed by atoms with Crippen molar-refractivity contribution in [1.29, 1.82) is 0 Å². The maximum Gasteiger partial charge on any atom is -0.00612 e. The largest absolute Gasteiger partial charge is 0.103 e. The summed E-state index contributed by atoms with van der Waals surface area (Å²) < 4.78 is 0. The van der Waals surface area contributed by atoms with E-state index in [9.17, 15) is 0 Å². The monoisotopic (exact) mass is 136 g/mol. The average molecular weight is 136 g/mol. The Bertz CT molecular complexity index is 159. The second-order valence-electron chi connectivity index (χ2n) is 3.96. The van der Waals surface area contributed by atoms with Gasteiger partial charge in [0.25, 0.3) is 0 Å². The minimum atomic E-state index is 0.609. The van der Waals surface area contributed by atoms with Crippen molar-refractivity contribution in [3.8, 4) is 0 Å². The number of allylic oxidation sites excluding steroid dienone is 1. The third-order valence-corrected chi connectivity index (χ3v) is 3.79. The summed E-state index contributed by atoms with van der Waals surface area (Å²) in [6, 6.07) is 0. The van der Waals surface area contributed by atoms with Crippen LogP contribution in [0.5, 0.6) is 0 Å². The summed E-state index contributed by atoms with van der Waals surface area (Å²) in [5.74, 6) is 1.96. The smallest absolute Gasteiger partial charge is 0.00612 e. The highest BCUT2D eigenvalue weighted by molar-refractivity contribution is 5.18. The molecule has 0 unspecified atom stereocenters. The van der Waals surface area contributed by atoms with Crippen molar-refractivity contribution in [2.75, 3.05) is 0 Å². The Hall–Kier alpha value is -0.260. The van der Waals surface area contributed by atoms with Crippen LogP contribution in [0.25, 0.3) is 0 Å². The van der Waals surface area contributed by atoms with Crippen LogP contribution in [0.2, 0.25) is 0 Å². The quantitative estimate of drug-likeness (QED) is 0.486. The van der Waals surface area contributed by atoms with Gasteiger partial charge in [-0.15, -0.1) is 6.58 Å². The van der Waals surface area contributed by atoms with Crippen LogP contribution >= 0.6 is 0 Å². The van der Waals surface area contributed by atoms with E-state index in [0.717, 1.165) is 11.8 Å². The van der Waals surface area contributed by atoms with E-state index in [0.29, 0.717) is 5.41 Å². The van der Waals surface area contributed by atoms with Crippen LogP contribution in [-0.4, -0.2) is 0 Å². The average Bonchev–Trinajstić information content (AvgIpc) is 2.60. The Morgan fingerprint density at radius 3 is 2.80 bits per heavy atom. The number of fused-ring (bicyclic) bond motifs is 1. The van der Waals surface area contributed by atoms with Crippen LogP contribution in [0.15, 0.2) is 12.7 Å². The first-order valence-electron chi connectivity index (χ1n) is 4.45. The molecule has 0 heterocycles. The van der Waals surface area contributed by atoms with Crippen molar-refractivity contribution in [1.82, 2.24) is 0 Å². The Labute approximate surface area is 63.3 Å². The number of hydrogen-bond acceptors (Lipinski definition) is 0. The molecule has 2 fully saturated rings. The molecule has 0 amide bonds. The van der Waals surface area contributed by atoms with Crippen molar-refractivity contribution in [2.45, 2.75) is 32.6 Å². The van der Waals surface area contributed by atoms with Gasteiger partial charge in [0.05, 0.1) is 0 Å². The summed E-state index contributed by atoms with van der Waals surface area (Å²) in [5, 5.41) is 0. The zero-order valence-electron chi connectivity index (χ0n) is 6.77. The minimum Gasteiger partial charge on any atom is -0.103 e. The molecule has 0 saturated heterocycles. The van der Waals surface area contributed by atoms with Gasteiger partial charge in [-0.2, -0.15) is 0 Å². The summed E-state index contributed by atoms with van der Waals surface area (Å²) in [4.78, 5) is 0. The van der Waals surface area contributed by atoms with Crippen LogP contribution in [-0.2, 0) is 0 Å². The van der Waals surface area contributed by atoms with E-state index < -0.39 is 0 Å². The first-order valence-corrected chi connectivity index (χ1v) is 4.45. The fraction of sp³-hybridized carbons (Fsp3) is 0.800. The standard InChI is InChI=1S/C10H16/c1-3-10-7-5-4-6-9(10)8(10)2/h3,8-9H,1,4-7H2,2H3/t8-,9-,10+/m0/s1. The van der Waals surface area contributed by atoms with Gasteiger partial charge in [0.15, 0.2) is 0 Å². The third kappa shape index (κ3) is 0.574. The SMILES string of the molecule is C=C[C@]12CCCC[C@H]1[C@@H]2C. The van der Waals surface area contributed by atoms with Crippen LogP contribution in [0, 0.1) is 17.3 Å². The summed E-state index contributed by atoms with van der Waals surface area (Å²) in [6.45, 7) is 6.33. The van der Waals surface area contributed by atoms with Crippen LogP contribution in [0.4, 0.5) is 0 Å². The van der Waals surface area contributed by atoms with Gasteiger partial charge in [-0.1, -0.05) is 25.8 Å². The van der Waals surface area contributed by atoms with Crippen LogP contribution < -0.4 is 0 Å². The minimum absolute atomic E-state index is 0.609. The molecule has 0 aliphatic heterocycles. The van der Waals surface area contributed by atoms with E-state index in [2.05, 4.69) is 19.6 Å². The molecule has 0 aromatic carbocycles. The summed E-state index contributed by atoms with van der Waals surface area (Å²) >= 11 is 0. The third-order valence-electron chi connectivity index (χ3n) is 3.79. The number of hydrogen-bond donors (Lipinski definition) is 0. The molecule has 0 aromatic heterocycles. The summed E-state index contributed by atoms with van der Waals surface area (Å²) in [5.41, 5.74) is 0.609. The first kappa shape index (κ1) is 6.45. The fourth-order valence-electron chi connectivity index (χ4n) is 2.92. The summed E-state index contributed by atoms with van der Waals surface area (Å²) in [6.07, 6.45) is 8.01. The Balaban J connectivity index is 2.16. The van der Waals surface area contributed by atoms with Gasteiger partial charge < -0.3 is 0 Å². The molecule has 0 spiro atoms. The maximum atomic E-state index is 3.95. The molecule has 3 atom stereocenters.